The molecule has 2 fully saturated rings. The Morgan fingerprint density at radius 2 is 1.70 bits per heavy atom. The topological polar surface area (TPSA) is 153 Å². The lowest BCUT2D eigenvalue weighted by molar-refractivity contribution is -0.339. The third kappa shape index (κ3) is 6.50. The fraction of sp³-hybridized carbons (Fsp3) is 0.818. The first-order chi connectivity index (χ1) is 15.4. The highest BCUT2D eigenvalue weighted by Gasteiger charge is 2.51. The van der Waals surface area contributed by atoms with E-state index in [0.29, 0.717) is 0 Å². The van der Waals surface area contributed by atoms with Gasteiger partial charge in [0, 0.05) is 25.5 Å². The summed E-state index contributed by atoms with van der Waals surface area (Å²) in [6.45, 7) is 11.5. The van der Waals surface area contributed by atoms with Gasteiger partial charge in [0.1, 0.15) is 37.1 Å². The summed E-state index contributed by atoms with van der Waals surface area (Å²) < 4.78 is 28.1. The Bertz CT molecular complexity index is 701. The van der Waals surface area contributed by atoms with Gasteiger partial charge in [-0.15, -0.1) is 0 Å². The Morgan fingerprint density at radius 1 is 1.06 bits per heavy atom. The van der Waals surface area contributed by atoms with Crippen LogP contribution in [0.15, 0.2) is 12.2 Å². The second kappa shape index (κ2) is 11.7. The molecule has 9 unspecified atom stereocenters. The van der Waals surface area contributed by atoms with Crippen molar-refractivity contribution in [1.29, 1.82) is 0 Å². The summed E-state index contributed by atoms with van der Waals surface area (Å²) in [5, 5.41) is 34.8. The van der Waals surface area contributed by atoms with Gasteiger partial charge in [-0.2, -0.15) is 0 Å². The first-order valence-electron chi connectivity index (χ1n) is 11.0. The minimum atomic E-state index is -1.41. The Labute approximate surface area is 194 Å². The molecule has 11 heteroatoms. The summed E-state index contributed by atoms with van der Waals surface area (Å²) in [6.07, 6.45) is -8.98. The number of aliphatic hydroxyl groups excluding tert-OH is 3. The molecule has 1 amide bonds. The number of amides is 1. The van der Waals surface area contributed by atoms with Gasteiger partial charge in [-0.1, -0.05) is 27.4 Å². The largest absolute Gasteiger partial charge is 0.459 e. The average Bonchev–Trinajstić information content (AvgIpc) is 2.74. The summed E-state index contributed by atoms with van der Waals surface area (Å²) in [5.74, 6) is -1.44. The first-order valence-corrected chi connectivity index (χ1v) is 11.0. The number of carbonyl (C=O) groups is 2. The molecule has 0 bridgehead atoms. The van der Waals surface area contributed by atoms with E-state index in [2.05, 4.69) is 11.9 Å². The second-order valence-corrected chi connectivity index (χ2v) is 9.03. The summed E-state index contributed by atoms with van der Waals surface area (Å²) in [6, 6.07) is -0.986. The summed E-state index contributed by atoms with van der Waals surface area (Å²) in [7, 11) is 1.34. The van der Waals surface area contributed by atoms with Crippen LogP contribution in [0.2, 0.25) is 0 Å². The molecule has 0 aromatic carbocycles. The summed E-state index contributed by atoms with van der Waals surface area (Å²) >= 11 is 0. The number of hydrogen-bond acceptors (Lipinski definition) is 10. The Balaban J connectivity index is 2.29. The highest BCUT2D eigenvalue weighted by Crippen LogP contribution is 2.33. The van der Waals surface area contributed by atoms with Crippen LogP contribution in [-0.2, 0) is 33.3 Å². The number of carbonyl (C=O) groups excluding carboxylic acids is 2. The predicted octanol–water partition coefficient (Wildman–Crippen LogP) is -0.533. The van der Waals surface area contributed by atoms with Crippen LogP contribution < -0.4 is 5.32 Å². The highest BCUT2D eigenvalue weighted by molar-refractivity contribution is 5.86. The van der Waals surface area contributed by atoms with Crippen LogP contribution in [0.4, 0.5) is 0 Å². The Morgan fingerprint density at radius 3 is 2.21 bits per heavy atom. The third-order valence-electron chi connectivity index (χ3n) is 5.93. The highest BCUT2D eigenvalue weighted by atomic mass is 16.7. The zero-order valence-corrected chi connectivity index (χ0v) is 20.0. The average molecular weight is 476 g/mol. The van der Waals surface area contributed by atoms with Crippen LogP contribution >= 0.6 is 0 Å². The zero-order valence-electron chi connectivity index (χ0n) is 20.0. The van der Waals surface area contributed by atoms with Crippen molar-refractivity contribution in [2.45, 2.75) is 89.9 Å². The normalized spacial score (nSPS) is 39.2. The van der Waals surface area contributed by atoms with Gasteiger partial charge in [-0.3, -0.25) is 4.79 Å². The maximum absolute atomic E-state index is 11.8. The number of methoxy groups -OCH3 is 1. The van der Waals surface area contributed by atoms with Gasteiger partial charge in [0.15, 0.2) is 12.6 Å². The van der Waals surface area contributed by atoms with Gasteiger partial charge < -0.3 is 44.3 Å². The molecule has 2 aliphatic heterocycles. The smallest absolute Gasteiger partial charge is 0.333 e. The van der Waals surface area contributed by atoms with Crippen molar-refractivity contribution in [3.8, 4) is 0 Å². The van der Waals surface area contributed by atoms with E-state index in [1.165, 1.54) is 21.0 Å². The van der Waals surface area contributed by atoms with Crippen molar-refractivity contribution in [2.24, 2.45) is 11.8 Å². The lowest BCUT2D eigenvalue weighted by Gasteiger charge is -2.48. The van der Waals surface area contributed by atoms with E-state index in [1.54, 1.807) is 6.92 Å². The van der Waals surface area contributed by atoms with Crippen molar-refractivity contribution < 1.29 is 48.6 Å². The van der Waals surface area contributed by atoms with Crippen molar-refractivity contribution in [3.05, 3.63) is 12.2 Å². The molecule has 0 saturated carbocycles. The molecule has 2 heterocycles. The molecule has 2 aliphatic rings. The van der Waals surface area contributed by atoms with Gasteiger partial charge in [-0.05, 0) is 12.8 Å². The molecule has 2 saturated heterocycles. The molecule has 10 atom stereocenters. The summed E-state index contributed by atoms with van der Waals surface area (Å²) in [4.78, 5) is 23.6. The molecular weight excluding hydrogens is 438 g/mol. The molecule has 190 valence electrons. The molecule has 11 nitrogen and oxygen atoms in total. The van der Waals surface area contributed by atoms with Crippen molar-refractivity contribution in [1.82, 2.24) is 5.32 Å². The van der Waals surface area contributed by atoms with Crippen molar-refractivity contribution in [3.63, 3.8) is 0 Å². The van der Waals surface area contributed by atoms with Crippen LogP contribution in [0.1, 0.15) is 34.6 Å². The number of esters is 1. The van der Waals surface area contributed by atoms with Crippen LogP contribution in [0, 0.1) is 11.8 Å². The second-order valence-electron chi connectivity index (χ2n) is 9.03. The SMILES string of the molecule is C=C(C)C(=O)OCC1OC(OC)C(NC(C)=O)C(OC2OC(C(C)C)[C@@H](C)C(O)C2O)C1O. The van der Waals surface area contributed by atoms with E-state index in [9.17, 15) is 24.9 Å². The van der Waals surface area contributed by atoms with Crippen LogP contribution in [0.3, 0.4) is 0 Å². The fourth-order valence-corrected chi connectivity index (χ4v) is 4.14. The van der Waals surface area contributed by atoms with Crippen molar-refractivity contribution in [2.75, 3.05) is 13.7 Å². The minimum absolute atomic E-state index is 0.0139. The fourth-order valence-electron chi connectivity index (χ4n) is 4.14. The lowest BCUT2D eigenvalue weighted by atomic mass is 9.85. The maximum atomic E-state index is 11.8. The van der Waals surface area contributed by atoms with Gasteiger partial charge in [0.25, 0.3) is 0 Å². The van der Waals surface area contributed by atoms with Crippen LogP contribution in [0.5, 0.6) is 0 Å². The maximum Gasteiger partial charge on any atom is 0.333 e. The number of hydrogen-bond donors (Lipinski definition) is 4. The molecule has 0 spiro atoms. The molecule has 33 heavy (non-hydrogen) atoms. The number of rotatable bonds is 8. The van der Waals surface area contributed by atoms with E-state index in [0.717, 1.165) is 0 Å². The number of ether oxygens (including phenoxy) is 5. The van der Waals surface area contributed by atoms with Gasteiger partial charge in [0.05, 0.1) is 12.2 Å². The van der Waals surface area contributed by atoms with E-state index < -0.39 is 67.1 Å². The predicted molar refractivity (Wildman–Crippen MR) is 115 cm³/mol. The molecular formula is C22H37NO10. The minimum Gasteiger partial charge on any atom is -0.459 e. The Hall–Kier alpha value is -1.60. The lowest BCUT2D eigenvalue weighted by Crippen LogP contribution is -2.67. The number of aliphatic hydroxyl groups is 3. The molecule has 0 aliphatic carbocycles. The van der Waals surface area contributed by atoms with Gasteiger partial charge in [0.2, 0.25) is 5.91 Å². The quantitative estimate of drug-likeness (QED) is 0.266. The molecule has 0 aromatic rings. The van der Waals surface area contributed by atoms with E-state index in [4.69, 9.17) is 23.7 Å². The summed E-state index contributed by atoms with van der Waals surface area (Å²) in [5.41, 5.74) is 0.175. The monoisotopic (exact) mass is 475 g/mol. The molecule has 2 rings (SSSR count). The van der Waals surface area contributed by atoms with Gasteiger partial charge >= 0.3 is 5.97 Å². The first kappa shape index (κ1) is 27.6. The van der Waals surface area contributed by atoms with E-state index >= 15 is 0 Å². The molecule has 0 aromatic heterocycles. The van der Waals surface area contributed by atoms with Gasteiger partial charge in [-0.25, -0.2) is 4.79 Å². The zero-order chi connectivity index (χ0) is 25.0. The van der Waals surface area contributed by atoms with E-state index in [-0.39, 0.29) is 24.0 Å². The van der Waals surface area contributed by atoms with Crippen molar-refractivity contribution >= 4 is 11.9 Å². The Kier molecular flexibility index (Phi) is 9.80. The molecule has 4 N–H and O–H groups in total. The van der Waals surface area contributed by atoms with E-state index in [1.807, 2.05) is 13.8 Å². The standard InChI is InChI=1S/C22H37NO10/c1-9(2)18-11(5)15(25)17(27)22(32-18)33-19-14(23-12(6)24)21(29-7)31-13(16(19)26)8-30-20(28)10(3)4/h9,11,13-19,21-22,25-27H,3,8H2,1-2,4-7H3,(H,23,24)/t11-,13?,14?,15?,16?,17?,18?,19?,21?,22?/m0/s1. The third-order valence-corrected chi connectivity index (χ3v) is 5.93. The molecule has 0 radical (unpaired) electrons. The van der Waals surface area contributed by atoms with Crippen LogP contribution in [0.25, 0.3) is 0 Å². The van der Waals surface area contributed by atoms with Crippen LogP contribution in [-0.4, -0.2) is 96.2 Å². The number of nitrogens with one attached hydrogen (secondary N) is 1.